The number of carbonyl (C=O) groups excluding carboxylic acids is 1. The zero-order valence-electron chi connectivity index (χ0n) is 11.6. The fourth-order valence-corrected chi connectivity index (χ4v) is 2.38. The van der Waals surface area contributed by atoms with Crippen molar-refractivity contribution in [1.82, 2.24) is 5.32 Å². The molecule has 0 heterocycles. The van der Waals surface area contributed by atoms with Gasteiger partial charge in [0.15, 0.2) is 6.61 Å². The molecule has 1 amide bonds. The number of carbonyl (C=O) groups is 2. The van der Waals surface area contributed by atoms with E-state index < -0.39 is 5.97 Å². The number of hydrogen-bond donors (Lipinski definition) is 2. The summed E-state index contributed by atoms with van der Waals surface area (Å²) in [6, 6.07) is 5.10. The van der Waals surface area contributed by atoms with Crippen molar-refractivity contribution in [3.63, 3.8) is 0 Å². The average Bonchev–Trinajstić information content (AvgIpc) is 2.42. The van der Waals surface area contributed by atoms with Crippen molar-refractivity contribution in [3.05, 3.63) is 27.7 Å². The molecule has 2 N–H and O–H groups in total. The van der Waals surface area contributed by atoms with E-state index >= 15 is 0 Å². The Labute approximate surface area is 136 Å². The van der Waals surface area contributed by atoms with Crippen LogP contribution in [-0.2, 0) is 9.59 Å². The maximum Gasteiger partial charge on any atom is 0.303 e. The molecule has 0 saturated heterocycles. The first-order valence-corrected chi connectivity index (χ1v) is 7.65. The Morgan fingerprint density at radius 2 is 2.19 bits per heavy atom. The molecule has 5 nitrogen and oxygen atoms in total. The Bertz CT molecular complexity index is 510. The van der Waals surface area contributed by atoms with Crippen LogP contribution in [0.1, 0.15) is 19.8 Å². The van der Waals surface area contributed by atoms with Crippen molar-refractivity contribution < 1.29 is 19.4 Å². The molecule has 1 unspecified atom stereocenters. The summed E-state index contributed by atoms with van der Waals surface area (Å²) in [7, 11) is 0. The third-order valence-corrected chi connectivity index (χ3v) is 3.67. The molecule has 21 heavy (non-hydrogen) atoms. The molecule has 1 rings (SSSR count). The van der Waals surface area contributed by atoms with Gasteiger partial charge in [0.05, 0.1) is 5.02 Å². The number of aliphatic carboxylic acids is 1. The zero-order chi connectivity index (χ0) is 15.8. The molecule has 0 aliphatic heterocycles. The van der Waals surface area contributed by atoms with Crippen molar-refractivity contribution in [3.8, 4) is 5.75 Å². The SMILES string of the molecule is CCC(CNC(=O)COc1ccc(Br)cc1Cl)CC(=O)O. The highest BCUT2D eigenvalue weighted by molar-refractivity contribution is 9.10. The molecular formula is C14H17BrClNO4. The lowest BCUT2D eigenvalue weighted by Crippen LogP contribution is -2.33. The first-order valence-electron chi connectivity index (χ1n) is 6.48. The van der Waals surface area contributed by atoms with E-state index in [0.717, 1.165) is 4.47 Å². The van der Waals surface area contributed by atoms with E-state index in [-0.39, 0.29) is 24.9 Å². The highest BCUT2D eigenvalue weighted by Crippen LogP contribution is 2.27. The maximum atomic E-state index is 11.7. The summed E-state index contributed by atoms with van der Waals surface area (Å²) in [6.07, 6.45) is 0.724. The number of hydrogen-bond acceptors (Lipinski definition) is 3. The molecule has 7 heteroatoms. The fraction of sp³-hybridized carbons (Fsp3) is 0.429. The molecule has 0 aromatic heterocycles. The summed E-state index contributed by atoms with van der Waals surface area (Å²) >= 11 is 9.25. The van der Waals surface area contributed by atoms with Crippen LogP contribution in [0.25, 0.3) is 0 Å². The Hall–Kier alpha value is -1.27. The molecule has 0 bridgehead atoms. The Morgan fingerprint density at radius 1 is 1.48 bits per heavy atom. The lowest BCUT2D eigenvalue weighted by molar-refractivity contribution is -0.138. The second-order valence-electron chi connectivity index (χ2n) is 4.54. The van der Waals surface area contributed by atoms with Crippen LogP contribution in [0, 0.1) is 5.92 Å². The number of halogens is 2. The number of carboxylic acids is 1. The van der Waals surface area contributed by atoms with E-state index in [9.17, 15) is 9.59 Å². The number of rotatable bonds is 8. The van der Waals surface area contributed by atoms with Gasteiger partial charge in [-0.05, 0) is 24.1 Å². The van der Waals surface area contributed by atoms with Gasteiger partial charge in [-0.25, -0.2) is 0 Å². The maximum absolute atomic E-state index is 11.7. The van der Waals surface area contributed by atoms with E-state index in [1.165, 1.54) is 0 Å². The standard InChI is InChI=1S/C14H17BrClNO4/c1-2-9(5-14(19)20)7-17-13(18)8-21-12-4-3-10(15)6-11(12)16/h3-4,6,9H,2,5,7-8H2,1H3,(H,17,18)(H,19,20). The van der Waals surface area contributed by atoms with Gasteiger partial charge < -0.3 is 15.2 Å². The van der Waals surface area contributed by atoms with Crippen LogP contribution >= 0.6 is 27.5 Å². The lowest BCUT2D eigenvalue weighted by Gasteiger charge is -2.14. The molecule has 0 spiro atoms. The topological polar surface area (TPSA) is 75.6 Å². The Kier molecular flexibility index (Phi) is 7.53. The van der Waals surface area contributed by atoms with Crippen LogP contribution in [0.3, 0.4) is 0 Å². The van der Waals surface area contributed by atoms with E-state index in [1.807, 2.05) is 6.92 Å². The van der Waals surface area contributed by atoms with Crippen LogP contribution < -0.4 is 10.1 Å². The van der Waals surface area contributed by atoms with Crippen molar-refractivity contribution in [2.45, 2.75) is 19.8 Å². The van der Waals surface area contributed by atoms with E-state index in [0.29, 0.717) is 23.7 Å². The average molecular weight is 379 g/mol. The predicted molar refractivity (Wildman–Crippen MR) is 83.7 cm³/mol. The monoisotopic (exact) mass is 377 g/mol. The minimum absolute atomic E-state index is 0.0379. The summed E-state index contributed by atoms with van der Waals surface area (Å²) in [6.45, 7) is 2.04. The molecule has 1 aromatic carbocycles. The molecule has 116 valence electrons. The quantitative estimate of drug-likeness (QED) is 0.729. The molecule has 0 radical (unpaired) electrons. The van der Waals surface area contributed by atoms with Gasteiger partial charge in [0, 0.05) is 17.4 Å². The van der Waals surface area contributed by atoms with Crippen molar-refractivity contribution in [2.75, 3.05) is 13.2 Å². The molecule has 1 aromatic rings. The molecule has 0 aliphatic carbocycles. The van der Waals surface area contributed by atoms with Crippen LogP contribution in [-0.4, -0.2) is 30.1 Å². The largest absolute Gasteiger partial charge is 0.482 e. The summed E-state index contributed by atoms with van der Waals surface area (Å²) in [5.74, 6) is -0.831. The number of carboxylic acid groups (broad SMARTS) is 1. The van der Waals surface area contributed by atoms with E-state index in [1.54, 1.807) is 18.2 Å². The number of amides is 1. The van der Waals surface area contributed by atoms with Gasteiger partial charge in [-0.3, -0.25) is 9.59 Å². The third-order valence-electron chi connectivity index (χ3n) is 2.88. The van der Waals surface area contributed by atoms with Gasteiger partial charge in [0.25, 0.3) is 5.91 Å². The number of benzene rings is 1. The predicted octanol–water partition coefficient (Wildman–Crippen LogP) is 3.10. The van der Waals surface area contributed by atoms with Crippen molar-refractivity contribution in [2.24, 2.45) is 5.92 Å². The Morgan fingerprint density at radius 3 is 2.76 bits per heavy atom. The number of nitrogens with one attached hydrogen (secondary N) is 1. The van der Waals surface area contributed by atoms with Gasteiger partial charge in [0.2, 0.25) is 0 Å². The Balaban J connectivity index is 2.38. The van der Waals surface area contributed by atoms with Crippen LogP contribution in [0.4, 0.5) is 0 Å². The van der Waals surface area contributed by atoms with Crippen LogP contribution in [0.5, 0.6) is 5.75 Å². The van der Waals surface area contributed by atoms with Gasteiger partial charge in [-0.1, -0.05) is 40.9 Å². The second kappa shape index (κ2) is 8.89. The summed E-state index contributed by atoms with van der Waals surface area (Å²) in [5, 5.41) is 11.8. The first kappa shape index (κ1) is 17.8. The fourth-order valence-electron chi connectivity index (χ4n) is 1.65. The smallest absolute Gasteiger partial charge is 0.303 e. The second-order valence-corrected chi connectivity index (χ2v) is 5.86. The highest BCUT2D eigenvalue weighted by Gasteiger charge is 2.13. The summed E-state index contributed by atoms with van der Waals surface area (Å²) in [4.78, 5) is 22.3. The van der Waals surface area contributed by atoms with Crippen LogP contribution in [0.2, 0.25) is 5.02 Å². The minimum atomic E-state index is -0.867. The molecule has 0 fully saturated rings. The highest BCUT2D eigenvalue weighted by atomic mass is 79.9. The van der Waals surface area contributed by atoms with Gasteiger partial charge in [-0.15, -0.1) is 0 Å². The normalized spacial score (nSPS) is 11.8. The van der Waals surface area contributed by atoms with E-state index in [4.69, 9.17) is 21.4 Å². The summed E-state index contributed by atoms with van der Waals surface area (Å²) in [5.41, 5.74) is 0. The van der Waals surface area contributed by atoms with Gasteiger partial charge in [-0.2, -0.15) is 0 Å². The molecule has 0 aliphatic rings. The lowest BCUT2D eigenvalue weighted by atomic mass is 10.0. The molecule has 0 saturated carbocycles. The molecule has 1 atom stereocenters. The van der Waals surface area contributed by atoms with Crippen LogP contribution in [0.15, 0.2) is 22.7 Å². The third kappa shape index (κ3) is 6.82. The summed E-state index contributed by atoms with van der Waals surface area (Å²) < 4.78 is 6.14. The first-order chi connectivity index (χ1) is 9.92. The van der Waals surface area contributed by atoms with E-state index in [2.05, 4.69) is 21.2 Å². The van der Waals surface area contributed by atoms with Gasteiger partial charge in [0.1, 0.15) is 5.75 Å². The van der Waals surface area contributed by atoms with Gasteiger partial charge >= 0.3 is 5.97 Å². The zero-order valence-corrected chi connectivity index (χ0v) is 13.9. The molecular weight excluding hydrogens is 362 g/mol. The van der Waals surface area contributed by atoms with Crippen molar-refractivity contribution >= 4 is 39.4 Å². The van der Waals surface area contributed by atoms with Crippen molar-refractivity contribution in [1.29, 1.82) is 0 Å². The number of ether oxygens (including phenoxy) is 1. The minimum Gasteiger partial charge on any atom is -0.482 e.